The minimum Gasteiger partial charge on any atom is -0.319 e. The molecule has 2 atom stereocenters. The highest BCUT2D eigenvalue weighted by molar-refractivity contribution is 7.97. The van der Waals surface area contributed by atoms with Gasteiger partial charge in [0.2, 0.25) is 0 Å². The summed E-state index contributed by atoms with van der Waals surface area (Å²) in [5.74, 6) is 0. The monoisotopic (exact) mass is 369 g/mol. The van der Waals surface area contributed by atoms with Crippen molar-refractivity contribution in [3.05, 3.63) is 52.7 Å². The number of nitrogens with zero attached hydrogens (tertiary/aromatic N) is 2. The maximum Gasteiger partial charge on any atom is 0.0605 e. The van der Waals surface area contributed by atoms with Crippen molar-refractivity contribution in [2.75, 3.05) is 27.2 Å². The van der Waals surface area contributed by atoms with E-state index < -0.39 is 0 Å². The second-order valence-corrected chi connectivity index (χ2v) is 9.10. The van der Waals surface area contributed by atoms with Gasteiger partial charge in [-0.05, 0) is 93.9 Å². The summed E-state index contributed by atoms with van der Waals surface area (Å²) < 4.78 is 2.39. The maximum absolute atomic E-state index is 3.93. The van der Waals surface area contributed by atoms with Gasteiger partial charge in [0.25, 0.3) is 0 Å². The molecule has 3 nitrogen and oxygen atoms in total. The first-order valence-electron chi connectivity index (χ1n) is 9.99. The molecule has 0 bridgehead atoms. The van der Waals surface area contributed by atoms with Crippen molar-refractivity contribution in [3.8, 4) is 0 Å². The molecule has 3 aliphatic rings. The zero-order valence-electron chi connectivity index (χ0n) is 16.3. The van der Waals surface area contributed by atoms with Gasteiger partial charge in [-0.25, -0.2) is 0 Å². The quantitative estimate of drug-likeness (QED) is 0.777. The molecule has 0 radical (unpaired) electrons. The van der Waals surface area contributed by atoms with E-state index in [-0.39, 0.29) is 0 Å². The number of hydrogen-bond acceptors (Lipinski definition) is 4. The van der Waals surface area contributed by atoms with E-state index in [1.807, 2.05) is 11.9 Å². The largest absolute Gasteiger partial charge is 0.319 e. The van der Waals surface area contributed by atoms with E-state index in [0.29, 0.717) is 6.04 Å². The van der Waals surface area contributed by atoms with Crippen LogP contribution in [0.25, 0.3) is 0 Å². The molecule has 4 rings (SSSR count). The summed E-state index contributed by atoms with van der Waals surface area (Å²) in [5.41, 5.74) is 5.73. The third-order valence-electron chi connectivity index (χ3n) is 6.08. The normalized spacial score (nSPS) is 26.0. The van der Waals surface area contributed by atoms with Crippen LogP contribution in [0, 0.1) is 6.92 Å². The molecule has 140 valence electrons. The molecule has 1 saturated heterocycles. The van der Waals surface area contributed by atoms with Crippen LogP contribution in [0.5, 0.6) is 0 Å². The Morgan fingerprint density at radius 1 is 1.27 bits per heavy atom. The van der Waals surface area contributed by atoms with Crippen LogP contribution in [0.15, 0.2) is 46.5 Å². The first-order chi connectivity index (χ1) is 12.6. The molecule has 1 fully saturated rings. The summed E-state index contributed by atoms with van der Waals surface area (Å²) in [6, 6.07) is 8.00. The van der Waals surface area contributed by atoms with E-state index in [4.69, 9.17) is 0 Å². The summed E-state index contributed by atoms with van der Waals surface area (Å²) in [6.45, 7) is 4.53. The molecule has 0 saturated carbocycles. The average molecular weight is 370 g/mol. The Morgan fingerprint density at radius 3 is 2.96 bits per heavy atom. The van der Waals surface area contributed by atoms with Crippen LogP contribution in [0.4, 0.5) is 0 Å². The Labute approximate surface area is 162 Å². The number of rotatable bonds is 4. The minimum atomic E-state index is 0.307. The first-order valence-corrected chi connectivity index (χ1v) is 10.8. The molecule has 26 heavy (non-hydrogen) atoms. The van der Waals surface area contributed by atoms with E-state index in [9.17, 15) is 0 Å². The summed E-state index contributed by atoms with van der Waals surface area (Å²) >= 11 is 1.89. The van der Waals surface area contributed by atoms with Crippen LogP contribution in [0.2, 0.25) is 0 Å². The summed E-state index contributed by atoms with van der Waals surface area (Å²) in [4.78, 5) is 3.92. The summed E-state index contributed by atoms with van der Waals surface area (Å²) in [6.07, 6.45) is 10.9. The lowest BCUT2D eigenvalue weighted by atomic mass is 9.91. The van der Waals surface area contributed by atoms with Gasteiger partial charge >= 0.3 is 0 Å². The van der Waals surface area contributed by atoms with Crippen molar-refractivity contribution < 1.29 is 0 Å². The molecule has 1 aromatic carbocycles. The highest BCUT2D eigenvalue weighted by atomic mass is 32.2. The fraction of sp³-hybridized carbons (Fsp3) is 0.545. The molecule has 2 heterocycles. The number of benzene rings is 1. The van der Waals surface area contributed by atoms with E-state index in [2.05, 4.69) is 65.9 Å². The smallest absolute Gasteiger partial charge is 0.0605 e. The lowest BCUT2D eigenvalue weighted by Crippen LogP contribution is -2.32. The van der Waals surface area contributed by atoms with Crippen LogP contribution in [0.3, 0.4) is 0 Å². The zero-order valence-corrected chi connectivity index (χ0v) is 17.1. The first kappa shape index (κ1) is 18.1. The Hall–Kier alpha value is -1.23. The zero-order chi connectivity index (χ0) is 18.1. The van der Waals surface area contributed by atoms with Crippen LogP contribution in [-0.4, -0.2) is 42.4 Å². The number of nitrogens with one attached hydrogen (secondary N) is 1. The summed E-state index contributed by atoms with van der Waals surface area (Å²) in [7, 11) is 4.50. The predicted molar refractivity (Wildman–Crippen MR) is 111 cm³/mol. The van der Waals surface area contributed by atoms with Crippen molar-refractivity contribution in [3.63, 3.8) is 0 Å². The topological polar surface area (TPSA) is 18.5 Å². The van der Waals surface area contributed by atoms with Crippen LogP contribution in [0.1, 0.15) is 49.3 Å². The van der Waals surface area contributed by atoms with Crippen LogP contribution in [-0.2, 0) is 0 Å². The van der Waals surface area contributed by atoms with Crippen molar-refractivity contribution in [1.82, 2.24) is 14.5 Å². The number of aryl methyl sites for hydroxylation is 1. The van der Waals surface area contributed by atoms with E-state index >= 15 is 0 Å². The van der Waals surface area contributed by atoms with Crippen molar-refractivity contribution in [1.29, 1.82) is 0 Å². The summed E-state index contributed by atoms with van der Waals surface area (Å²) in [5, 5.41) is 3.93. The molecule has 1 aromatic rings. The van der Waals surface area contributed by atoms with E-state index in [0.717, 1.165) is 25.4 Å². The van der Waals surface area contributed by atoms with Gasteiger partial charge in [0.15, 0.2) is 0 Å². The number of likely N-dealkylation sites (tertiary alicyclic amines) is 1. The number of hydrogen-bond donors (Lipinski definition) is 1. The van der Waals surface area contributed by atoms with Gasteiger partial charge in [0.1, 0.15) is 0 Å². The van der Waals surface area contributed by atoms with Gasteiger partial charge in [-0.3, -0.25) is 0 Å². The highest BCUT2D eigenvalue weighted by Crippen LogP contribution is 2.43. The fourth-order valence-corrected chi connectivity index (χ4v) is 5.69. The number of allylic oxidation sites excluding steroid dienone is 2. The van der Waals surface area contributed by atoms with Gasteiger partial charge in [0, 0.05) is 23.7 Å². The molecule has 4 heteroatoms. The molecule has 2 aliphatic heterocycles. The average Bonchev–Trinajstić information content (AvgIpc) is 3.00. The second-order valence-electron chi connectivity index (χ2n) is 7.93. The molecule has 0 aromatic heterocycles. The highest BCUT2D eigenvalue weighted by Gasteiger charge is 2.29. The van der Waals surface area contributed by atoms with E-state index in [1.54, 1.807) is 0 Å². The standard InChI is InChI=1S/C22H31N3S/c1-16-10-11-19-21(15-16)26-25(3)20-9-5-4-8-18(20)22(19)23-13-12-17-7-6-14-24(17)2/h4,8,10-11,15,17,22-23H,5-7,9,12-14H2,1-3H3. The fourth-order valence-electron chi connectivity index (χ4n) is 4.56. The van der Waals surface area contributed by atoms with Crippen LogP contribution >= 0.6 is 11.9 Å². The van der Waals surface area contributed by atoms with Crippen molar-refractivity contribution >= 4 is 11.9 Å². The van der Waals surface area contributed by atoms with Gasteiger partial charge in [-0.15, -0.1) is 0 Å². The van der Waals surface area contributed by atoms with Crippen LogP contribution < -0.4 is 5.32 Å². The molecular formula is C22H31N3S. The maximum atomic E-state index is 3.93. The number of fused-ring (bicyclic) bond motifs is 1. The molecular weight excluding hydrogens is 338 g/mol. The Balaban J connectivity index is 1.60. The lowest BCUT2D eigenvalue weighted by molar-refractivity contribution is 0.291. The molecule has 1 N–H and O–H groups in total. The Morgan fingerprint density at radius 2 is 2.15 bits per heavy atom. The third kappa shape index (κ3) is 3.60. The molecule has 0 amide bonds. The second kappa shape index (κ2) is 7.79. The van der Waals surface area contributed by atoms with Crippen molar-refractivity contribution in [2.24, 2.45) is 0 Å². The minimum absolute atomic E-state index is 0.307. The van der Waals surface area contributed by atoms with Gasteiger partial charge in [0.05, 0.1) is 6.04 Å². The predicted octanol–water partition coefficient (Wildman–Crippen LogP) is 4.67. The molecule has 1 aliphatic carbocycles. The SMILES string of the molecule is Cc1ccc2c(c1)SN(C)C1=C(C=CCC1)C2NCCC1CCCN1C. The van der Waals surface area contributed by atoms with Gasteiger partial charge < -0.3 is 14.5 Å². The third-order valence-corrected chi connectivity index (χ3v) is 7.13. The van der Waals surface area contributed by atoms with Gasteiger partial charge in [-0.2, -0.15) is 0 Å². The molecule has 2 unspecified atom stereocenters. The Bertz CT molecular complexity index is 724. The van der Waals surface area contributed by atoms with Gasteiger partial charge in [-0.1, -0.05) is 24.3 Å². The van der Waals surface area contributed by atoms with Crippen molar-refractivity contribution in [2.45, 2.75) is 56.0 Å². The lowest BCUT2D eigenvalue weighted by Gasteiger charge is -2.27. The molecule has 0 spiro atoms. The Kier molecular flexibility index (Phi) is 5.44. The van der Waals surface area contributed by atoms with E-state index in [1.165, 1.54) is 53.1 Å².